The molecule has 13 nitrogen and oxygen atoms in total. The number of unbranched alkanes of at least 4 members (excludes halogenated alkanes) is 1. The monoisotopic (exact) mass is 446 g/mol. The molecular formula is C18H34N6O7. The van der Waals surface area contributed by atoms with Crippen molar-refractivity contribution in [3.63, 3.8) is 0 Å². The summed E-state index contributed by atoms with van der Waals surface area (Å²) in [5, 5.41) is 25.3. The average molecular weight is 447 g/mol. The molecule has 0 aromatic heterocycles. The Morgan fingerprint density at radius 2 is 1.48 bits per heavy atom. The molecule has 0 bridgehead atoms. The van der Waals surface area contributed by atoms with Gasteiger partial charge in [0, 0.05) is 0 Å². The fourth-order valence-corrected chi connectivity index (χ4v) is 2.56. The molecule has 0 saturated heterocycles. The van der Waals surface area contributed by atoms with Crippen molar-refractivity contribution in [3.8, 4) is 0 Å². The first-order valence-corrected chi connectivity index (χ1v) is 9.93. The van der Waals surface area contributed by atoms with Crippen molar-refractivity contribution in [2.24, 2.45) is 23.1 Å². The lowest BCUT2D eigenvalue weighted by Crippen LogP contribution is -2.59. The van der Waals surface area contributed by atoms with Crippen molar-refractivity contribution in [1.29, 1.82) is 0 Å². The topological polar surface area (TPSA) is 240 Å². The lowest BCUT2D eigenvalue weighted by atomic mass is 10.0. The van der Waals surface area contributed by atoms with Gasteiger partial charge in [-0.1, -0.05) is 20.3 Å². The van der Waals surface area contributed by atoms with Crippen LogP contribution in [0, 0.1) is 5.92 Å². The van der Waals surface area contributed by atoms with Crippen LogP contribution in [0.3, 0.4) is 0 Å². The van der Waals surface area contributed by atoms with Gasteiger partial charge in [0.1, 0.15) is 18.1 Å². The average Bonchev–Trinajstić information content (AvgIpc) is 2.68. The van der Waals surface area contributed by atoms with E-state index in [-0.39, 0.29) is 5.92 Å². The van der Waals surface area contributed by atoms with Gasteiger partial charge in [0.15, 0.2) is 0 Å². The summed E-state index contributed by atoms with van der Waals surface area (Å²) >= 11 is 0. The number of hydrogen-bond donors (Lipinski definition) is 8. The predicted molar refractivity (Wildman–Crippen MR) is 110 cm³/mol. The number of aliphatic hydroxyl groups is 1. The van der Waals surface area contributed by atoms with Crippen LogP contribution in [0.15, 0.2) is 0 Å². The Hall–Kier alpha value is -2.77. The minimum atomic E-state index is -1.62. The van der Waals surface area contributed by atoms with E-state index >= 15 is 0 Å². The fraction of sp³-hybridized carbons (Fsp3) is 0.722. The minimum Gasteiger partial charge on any atom is -0.480 e. The Morgan fingerprint density at radius 3 is 1.94 bits per heavy atom. The largest absolute Gasteiger partial charge is 0.480 e. The number of aliphatic carboxylic acids is 1. The Morgan fingerprint density at radius 1 is 0.903 bits per heavy atom. The quantitative estimate of drug-likeness (QED) is 0.116. The van der Waals surface area contributed by atoms with Gasteiger partial charge in [-0.2, -0.15) is 0 Å². The van der Waals surface area contributed by atoms with Crippen LogP contribution >= 0.6 is 0 Å². The molecule has 0 saturated carbocycles. The van der Waals surface area contributed by atoms with Gasteiger partial charge in [-0.05, 0) is 25.3 Å². The minimum absolute atomic E-state index is 0.383. The molecule has 0 aliphatic rings. The molecule has 4 amide bonds. The zero-order valence-corrected chi connectivity index (χ0v) is 17.8. The number of carboxylic acids is 1. The van der Waals surface area contributed by atoms with Crippen LogP contribution in [0.5, 0.6) is 0 Å². The summed E-state index contributed by atoms with van der Waals surface area (Å²) in [6.45, 7) is 2.94. The number of aliphatic hydroxyl groups excluding tert-OH is 1. The first-order valence-electron chi connectivity index (χ1n) is 9.93. The van der Waals surface area contributed by atoms with Gasteiger partial charge in [-0.15, -0.1) is 0 Å². The lowest BCUT2D eigenvalue weighted by molar-refractivity contribution is -0.144. The van der Waals surface area contributed by atoms with Crippen LogP contribution in [0.1, 0.15) is 39.5 Å². The number of primary amides is 1. The molecule has 13 heteroatoms. The number of carboxylic acid groups (broad SMARTS) is 1. The summed E-state index contributed by atoms with van der Waals surface area (Å²) in [5.74, 6) is -5.20. The molecule has 0 heterocycles. The number of rotatable bonds is 15. The molecule has 11 N–H and O–H groups in total. The molecule has 0 radical (unpaired) electrons. The number of nitrogens with two attached hydrogens (primary N) is 3. The zero-order chi connectivity index (χ0) is 24.1. The third-order valence-corrected chi connectivity index (χ3v) is 4.39. The molecule has 0 spiro atoms. The summed E-state index contributed by atoms with van der Waals surface area (Å²) in [5.41, 5.74) is 16.2. The second kappa shape index (κ2) is 14.3. The highest BCUT2D eigenvalue weighted by atomic mass is 16.4. The van der Waals surface area contributed by atoms with Crippen LogP contribution in [-0.2, 0) is 24.0 Å². The molecule has 178 valence electrons. The van der Waals surface area contributed by atoms with Gasteiger partial charge < -0.3 is 43.4 Å². The van der Waals surface area contributed by atoms with Gasteiger partial charge in [-0.3, -0.25) is 19.2 Å². The number of nitrogens with one attached hydrogen (secondary N) is 3. The van der Waals surface area contributed by atoms with E-state index in [4.69, 9.17) is 22.3 Å². The molecule has 4 atom stereocenters. The number of amides is 4. The van der Waals surface area contributed by atoms with Gasteiger partial charge in [-0.25, -0.2) is 4.79 Å². The molecule has 0 aromatic carbocycles. The second-order valence-electron chi connectivity index (χ2n) is 7.43. The van der Waals surface area contributed by atoms with E-state index in [1.165, 1.54) is 0 Å². The highest BCUT2D eigenvalue weighted by Crippen LogP contribution is 2.05. The van der Waals surface area contributed by atoms with Crippen molar-refractivity contribution in [1.82, 2.24) is 16.0 Å². The second-order valence-corrected chi connectivity index (χ2v) is 7.43. The van der Waals surface area contributed by atoms with Gasteiger partial charge in [0.2, 0.25) is 23.6 Å². The first-order chi connectivity index (χ1) is 14.4. The van der Waals surface area contributed by atoms with E-state index in [2.05, 4.69) is 10.6 Å². The third-order valence-electron chi connectivity index (χ3n) is 4.39. The number of carbonyl (C=O) groups excluding carboxylic acids is 4. The van der Waals surface area contributed by atoms with Gasteiger partial charge in [0.25, 0.3) is 0 Å². The van der Waals surface area contributed by atoms with E-state index in [0.29, 0.717) is 25.8 Å². The molecule has 0 fully saturated rings. The van der Waals surface area contributed by atoms with Crippen LogP contribution in [0.4, 0.5) is 0 Å². The van der Waals surface area contributed by atoms with E-state index in [9.17, 15) is 29.1 Å². The van der Waals surface area contributed by atoms with E-state index in [0.717, 1.165) is 0 Å². The normalized spacial score (nSPS) is 14.8. The molecular weight excluding hydrogens is 412 g/mol. The zero-order valence-electron chi connectivity index (χ0n) is 17.8. The van der Waals surface area contributed by atoms with Gasteiger partial charge in [0.05, 0.1) is 19.1 Å². The fourth-order valence-electron chi connectivity index (χ4n) is 2.56. The third kappa shape index (κ3) is 10.7. The van der Waals surface area contributed by atoms with Crippen molar-refractivity contribution in [2.45, 2.75) is 63.7 Å². The lowest BCUT2D eigenvalue weighted by Gasteiger charge is -2.26. The van der Waals surface area contributed by atoms with Crippen LogP contribution in [0.25, 0.3) is 0 Å². The molecule has 4 unspecified atom stereocenters. The summed E-state index contributed by atoms with van der Waals surface area (Å²) in [6.07, 6.45) is 1.06. The van der Waals surface area contributed by atoms with Crippen molar-refractivity contribution in [3.05, 3.63) is 0 Å². The molecule has 0 aliphatic heterocycles. The van der Waals surface area contributed by atoms with Crippen molar-refractivity contribution >= 4 is 29.6 Å². The molecule has 31 heavy (non-hydrogen) atoms. The Bertz CT molecular complexity index is 643. The summed E-state index contributed by atoms with van der Waals surface area (Å²) in [7, 11) is 0. The molecule has 0 aliphatic carbocycles. The first kappa shape index (κ1) is 28.2. The summed E-state index contributed by atoms with van der Waals surface area (Å²) in [4.78, 5) is 59.2. The van der Waals surface area contributed by atoms with Crippen molar-refractivity contribution < 1.29 is 34.2 Å². The maximum absolute atomic E-state index is 12.6. The predicted octanol–water partition coefficient (Wildman–Crippen LogP) is -3.49. The van der Waals surface area contributed by atoms with E-state index in [1.54, 1.807) is 13.8 Å². The SMILES string of the molecule is CC(C)C(NC(=O)C(N)CCCCN)C(=O)NC(CO)C(=O)NC(CC(N)=O)C(=O)O. The molecule has 0 aromatic rings. The number of hydrogen-bond acceptors (Lipinski definition) is 8. The highest BCUT2D eigenvalue weighted by molar-refractivity contribution is 5.95. The Labute approximate surface area is 180 Å². The van der Waals surface area contributed by atoms with Crippen LogP contribution in [-0.4, -0.2) is 77.1 Å². The van der Waals surface area contributed by atoms with Crippen LogP contribution in [0.2, 0.25) is 0 Å². The summed E-state index contributed by atoms with van der Waals surface area (Å²) < 4.78 is 0. The van der Waals surface area contributed by atoms with E-state index in [1.807, 2.05) is 5.32 Å². The standard InChI is InChI=1S/C18H34N6O7/c1-9(2)14(24-15(27)10(20)5-3-4-6-19)17(29)23-12(8-25)16(28)22-11(18(30)31)7-13(21)26/h9-12,14,25H,3-8,19-20H2,1-2H3,(H2,21,26)(H,22,28)(H,23,29)(H,24,27)(H,30,31). The smallest absolute Gasteiger partial charge is 0.326 e. The van der Waals surface area contributed by atoms with Gasteiger partial charge >= 0.3 is 5.97 Å². The van der Waals surface area contributed by atoms with Crippen molar-refractivity contribution in [2.75, 3.05) is 13.2 Å². The number of carbonyl (C=O) groups is 5. The van der Waals surface area contributed by atoms with Crippen LogP contribution < -0.4 is 33.2 Å². The highest BCUT2D eigenvalue weighted by Gasteiger charge is 2.31. The summed E-state index contributed by atoms with van der Waals surface area (Å²) in [6, 6.07) is -5.04. The Kier molecular flexibility index (Phi) is 13.0. The maximum Gasteiger partial charge on any atom is 0.326 e. The maximum atomic E-state index is 12.6. The molecule has 0 rings (SSSR count). The van der Waals surface area contributed by atoms with E-state index < -0.39 is 66.8 Å². The Balaban J connectivity index is 5.09.